The summed E-state index contributed by atoms with van der Waals surface area (Å²) >= 11 is 0. The number of hydrogen-bond acceptors (Lipinski definition) is 4. The first-order chi connectivity index (χ1) is 10.7. The summed E-state index contributed by atoms with van der Waals surface area (Å²) in [5.41, 5.74) is 8.70. The van der Waals surface area contributed by atoms with Crippen LogP contribution in [0.25, 0.3) is 21.9 Å². The molecule has 0 saturated carbocycles. The van der Waals surface area contributed by atoms with Crippen molar-refractivity contribution in [1.29, 1.82) is 0 Å². The predicted octanol–water partition coefficient (Wildman–Crippen LogP) is 4.15. The highest BCUT2D eigenvalue weighted by Crippen LogP contribution is 2.26. The van der Waals surface area contributed by atoms with Gasteiger partial charge in [0.05, 0.1) is 10.8 Å². The molecule has 1 aliphatic rings. The third-order valence-electron chi connectivity index (χ3n) is 4.40. The van der Waals surface area contributed by atoms with Crippen molar-refractivity contribution < 1.29 is 4.42 Å². The van der Waals surface area contributed by atoms with Gasteiger partial charge in [-0.3, -0.25) is 4.79 Å². The smallest absolute Gasteiger partial charge is 0.200 e. The Balaban J connectivity index is 0.00000156. The molecule has 2 N–H and O–H groups in total. The standard InChI is InChI=1S/C18H18N2O2.CH4/c19-12-4-6-14-16(10-12)22-17-11-13(5-7-15(17)18(14)21)20-8-2-1-3-9-20;/h4-7,10-11H,1-3,8-9,19H2;1H4. The summed E-state index contributed by atoms with van der Waals surface area (Å²) in [6.45, 7) is 2.13. The number of fused-ring (bicyclic) bond motifs is 2. The van der Waals surface area contributed by atoms with E-state index >= 15 is 0 Å². The second kappa shape index (κ2) is 5.95. The zero-order chi connectivity index (χ0) is 15.1. The van der Waals surface area contributed by atoms with Crippen LogP contribution in [0.3, 0.4) is 0 Å². The number of anilines is 2. The molecule has 23 heavy (non-hydrogen) atoms. The van der Waals surface area contributed by atoms with Gasteiger partial charge in [-0.2, -0.15) is 0 Å². The highest BCUT2D eigenvalue weighted by atomic mass is 16.3. The summed E-state index contributed by atoms with van der Waals surface area (Å²) in [5.74, 6) is 0. The molecule has 0 amide bonds. The third-order valence-corrected chi connectivity index (χ3v) is 4.40. The van der Waals surface area contributed by atoms with E-state index < -0.39 is 0 Å². The van der Waals surface area contributed by atoms with E-state index in [1.54, 1.807) is 18.2 Å². The molecule has 1 fully saturated rings. The summed E-state index contributed by atoms with van der Waals surface area (Å²) in [6.07, 6.45) is 3.73. The molecule has 3 aromatic rings. The molecule has 1 aliphatic heterocycles. The van der Waals surface area contributed by atoms with E-state index in [-0.39, 0.29) is 12.9 Å². The van der Waals surface area contributed by atoms with Crippen molar-refractivity contribution in [3.63, 3.8) is 0 Å². The summed E-state index contributed by atoms with van der Waals surface area (Å²) in [6, 6.07) is 11.0. The third kappa shape index (κ3) is 2.65. The van der Waals surface area contributed by atoms with Crippen LogP contribution >= 0.6 is 0 Å². The largest absolute Gasteiger partial charge is 0.456 e. The molecule has 4 nitrogen and oxygen atoms in total. The highest BCUT2D eigenvalue weighted by Gasteiger charge is 2.13. The van der Waals surface area contributed by atoms with Crippen LogP contribution in [0, 0.1) is 0 Å². The molecule has 1 aromatic heterocycles. The first-order valence-corrected chi connectivity index (χ1v) is 7.73. The van der Waals surface area contributed by atoms with Gasteiger partial charge in [-0.1, -0.05) is 7.43 Å². The first kappa shape index (κ1) is 15.4. The Morgan fingerprint density at radius 3 is 2.30 bits per heavy atom. The average molecular weight is 310 g/mol. The maximum atomic E-state index is 12.6. The van der Waals surface area contributed by atoms with Crippen molar-refractivity contribution in [3.05, 3.63) is 46.6 Å². The number of hydrogen-bond donors (Lipinski definition) is 1. The summed E-state index contributed by atoms with van der Waals surface area (Å²) in [5, 5.41) is 1.20. The van der Waals surface area contributed by atoms with Crippen LogP contribution in [0.5, 0.6) is 0 Å². The minimum absolute atomic E-state index is 0. The highest BCUT2D eigenvalue weighted by molar-refractivity contribution is 5.92. The Morgan fingerprint density at radius 2 is 1.57 bits per heavy atom. The van der Waals surface area contributed by atoms with E-state index in [1.807, 2.05) is 18.2 Å². The molecule has 0 spiro atoms. The van der Waals surface area contributed by atoms with Gasteiger partial charge in [-0.25, -0.2) is 0 Å². The van der Waals surface area contributed by atoms with Gasteiger partial charge < -0.3 is 15.1 Å². The van der Waals surface area contributed by atoms with Crippen LogP contribution in [0.1, 0.15) is 26.7 Å². The molecule has 1 saturated heterocycles. The number of nitrogens with two attached hydrogens (primary N) is 1. The molecule has 2 aromatic carbocycles. The first-order valence-electron chi connectivity index (χ1n) is 7.73. The number of piperidine rings is 1. The molecule has 0 aliphatic carbocycles. The van der Waals surface area contributed by atoms with Crippen LogP contribution in [0.2, 0.25) is 0 Å². The second-order valence-electron chi connectivity index (χ2n) is 5.91. The summed E-state index contributed by atoms with van der Waals surface area (Å²) < 4.78 is 5.93. The monoisotopic (exact) mass is 310 g/mol. The fourth-order valence-corrected chi connectivity index (χ4v) is 3.21. The minimum atomic E-state index is 0. The van der Waals surface area contributed by atoms with Crippen LogP contribution in [-0.4, -0.2) is 13.1 Å². The Bertz CT molecular complexity index is 908. The van der Waals surface area contributed by atoms with E-state index in [9.17, 15) is 4.79 Å². The number of nitrogen functional groups attached to an aromatic ring is 1. The van der Waals surface area contributed by atoms with E-state index in [4.69, 9.17) is 10.2 Å². The number of benzene rings is 2. The van der Waals surface area contributed by atoms with Gasteiger partial charge in [0.2, 0.25) is 5.43 Å². The molecule has 0 bridgehead atoms. The number of nitrogens with zero attached hydrogens (tertiary/aromatic N) is 1. The average Bonchev–Trinajstić information content (AvgIpc) is 2.55. The van der Waals surface area contributed by atoms with Gasteiger partial charge in [0.15, 0.2) is 0 Å². The van der Waals surface area contributed by atoms with Crippen LogP contribution in [0.15, 0.2) is 45.6 Å². The molecule has 120 valence electrons. The normalized spacial score (nSPS) is 14.9. The van der Waals surface area contributed by atoms with Crippen molar-refractivity contribution in [3.8, 4) is 0 Å². The van der Waals surface area contributed by atoms with Crippen molar-refractivity contribution in [2.75, 3.05) is 23.7 Å². The molecule has 0 atom stereocenters. The maximum absolute atomic E-state index is 12.6. The zero-order valence-electron chi connectivity index (χ0n) is 12.3. The SMILES string of the molecule is C.Nc1ccc2c(=O)c3ccc(N4CCCCC4)cc3oc2c1. The second-order valence-corrected chi connectivity index (χ2v) is 5.91. The Kier molecular flexibility index (Phi) is 3.99. The summed E-state index contributed by atoms with van der Waals surface area (Å²) in [7, 11) is 0. The fraction of sp³-hybridized carbons (Fsp3) is 0.316. The van der Waals surface area contributed by atoms with E-state index in [0.717, 1.165) is 18.8 Å². The van der Waals surface area contributed by atoms with E-state index in [2.05, 4.69) is 4.90 Å². The lowest BCUT2D eigenvalue weighted by Crippen LogP contribution is -2.29. The quantitative estimate of drug-likeness (QED) is 0.542. The van der Waals surface area contributed by atoms with Gasteiger partial charge >= 0.3 is 0 Å². The van der Waals surface area contributed by atoms with Crippen molar-refractivity contribution in [1.82, 2.24) is 0 Å². The van der Waals surface area contributed by atoms with Gasteiger partial charge in [0.1, 0.15) is 11.2 Å². The van der Waals surface area contributed by atoms with Crippen LogP contribution in [-0.2, 0) is 0 Å². The molecule has 4 heteroatoms. The molecule has 0 unspecified atom stereocenters. The predicted molar refractivity (Wildman–Crippen MR) is 97.2 cm³/mol. The van der Waals surface area contributed by atoms with E-state index in [1.165, 1.54) is 19.3 Å². The summed E-state index contributed by atoms with van der Waals surface area (Å²) in [4.78, 5) is 14.9. The van der Waals surface area contributed by atoms with Crippen molar-refractivity contribution in [2.45, 2.75) is 26.7 Å². The minimum Gasteiger partial charge on any atom is -0.456 e. The lowest BCUT2D eigenvalue weighted by Gasteiger charge is -2.28. The number of rotatable bonds is 1. The van der Waals surface area contributed by atoms with E-state index in [0.29, 0.717) is 27.6 Å². The maximum Gasteiger partial charge on any atom is 0.200 e. The van der Waals surface area contributed by atoms with Crippen molar-refractivity contribution >= 4 is 33.3 Å². The lowest BCUT2D eigenvalue weighted by atomic mass is 10.1. The van der Waals surface area contributed by atoms with Crippen molar-refractivity contribution in [2.24, 2.45) is 0 Å². The Labute approximate surface area is 135 Å². The van der Waals surface area contributed by atoms with Crippen LogP contribution < -0.4 is 16.1 Å². The van der Waals surface area contributed by atoms with Gasteiger partial charge in [-0.05, 0) is 43.5 Å². The molecule has 4 rings (SSSR count). The fourth-order valence-electron chi connectivity index (χ4n) is 3.21. The Hall–Kier alpha value is -2.49. The lowest BCUT2D eigenvalue weighted by molar-refractivity contribution is 0.577. The molecule has 2 heterocycles. The van der Waals surface area contributed by atoms with Gasteiger partial charge in [-0.15, -0.1) is 0 Å². The topological polar surface area (TPSA) is 59.5 Å². The van der Waals surface area contributed by atoms with Crippen LogP contribution in [0.4, 0.5) is 11.4 Å². The van der Waals surface area contributed by atoms with Gasteiger partial charge in [0.25, 0.3) is 0 Å². The zero-order valence-corrected chi connectivity index (χ0v) is 12.3. The molecular formula is C19H22N2O2. The Morgan fingerprint density at radius 1 is 0.913 bits per heavy atom. The molecular weight excluding hydrogens is 288 g/mol. The van der Waals surface area contributed by atoms with Gasteiger partial charge in [0, 0.05) is 36.6 Å². The molecule has 0 radical (unpaired) electrons.